The molecular weight excluding hydrogens is 294 g/mol. The van der Waals surface area contributed by atoms with E-state index in [-0.39, 0.29) is 6.10 Å². The zero-order valence-corrected chi connectivity index (χ0v) is 12.5. The summed E-state index contributed by atoms with van der Waals surface area (Å²) in [6.45, 7) is 5.77. The Morgan fingerprint density at radius 1 is 1.50 bits per heavy atom. The van der Waals surface area contributed by atoms with Gasteiger partial charge >= 0.3 is 0 Å². The summed E-state index contributed by atoms with van der Waals surface area (Å²) in [7, 11) is 0. The van der Waals surface area contributed by atoms with Gasteiger partial charge in [0.2, 0.25) is 0 Å². The Labute approximate surface area is 117 Å². The minimum absolute atomic E-state index is 0.0604. The number of ether oxygens (including phenoxy) is 1. The fourth-order valence-electron chi connectivity index (χ4n) is 1.89. The lowest BCUT2D eigenvalue weighted by atomic mass is 10.2. The molecule has 0 radical (unpaired) electrons. The Morgan fingerprint density at radius 3 is 2.89 bits per heavy atom. The normalized spacial score (nSPS) is 16.6. The van der Waals surface area contributed by atoms with Crippen LogP contribution in [0.2, 0.25) is 0 Å². The van der Waals surface area contributed by atoms with Gasteiger partial charge in [0, 0.05) is 19.3 Å². The minimum Gasteiger partial charge on any atom is -0.370 e. The molecule has 1 aromatic rings. The highest BCUT2D eigenvalue weighted by atomic mass is 79.9. The minimum atomic E-state index is 0.0604. The summed E-state index contributed by atoms with van der Waals surface area (Å²) >= 11 is 3.47. The molecular formula is C13H20BrN3O. The second-order valence-electron chi connectivity index (χ2n) is 4.56. The van der Waals surface area contributed by atoms with Crippen molar-refractivity contribution in [2.75, 3.05) is 18.5 Å². The number of halogens is 1. The number of aromatic nitrogens is 2. The third-order valence-electron chi connectivity index (χ3n) is 2.96. The maximum absolute atomic E-state index is 5.78. The third kappa shape index (κ3) is 3.42. The van der Waals surface area contributed by atoms with Crippen molar-refractivity contribution in [3.05, 3.63) is 16.5 Å². The van der Waals surface area contributed by atoms with E-state index in [1.165, 1.54) is 12.8 Å². The lowest BCUT2D eigenvalue weighted by Crippen LogP contribution is -2.13. The zero-order valence-electron chi connectivity index (χ0n) is 10.9. The molecule has 1 aliphatic carbocycles. The number of hydrogen-bond acceptors (Lipinski definition) is 4. The van der Waals surface area contributed by atoms with E-state index in [0.717, 1.165) is 29.1 Å². The Balaban J connectivity index is 2.15. The van der Waals surface area contributed by atoms with Gasteiger partial charge in [0.1, 0.15) is 11.9 Å². The van der Waals surface area contributed by atoms with E-state index in [1.807, 2.05) is 13.1 Å². The molecule has 1 saturated carbocycles. The smallest absolute Gasteiger partial charge is 0.159 e. The molecule has 1 aromatic heterocycles. The first-order valence-corrected chi connectivity index (χ1v) is 7.43. The van der Waals surface area contributed by atoms with Crippen molar-refractivity contribution < 1.29 is 4.74 Å². The molecule has 0 bridgehead atoms. The largest absolute Gasteiger partial charge is 0.370 e. The topological polar surface area (TPSA) is 47.0 Å². The third-order valence-corrected chi connectivity index (χ3v) is 3.54. The van der Waals surface area contributed by atoms with Gasteiger partial charge < -0.3 is 10.1 Å². The summed E-state index contributed by atoms with van der Waals surface area (Å²) < 4.78 is 6.69. The lowest BCUT2D eigenvalue weighted by molar-refractivity contribution is 0.0401. The standard InChI is InChI=1S/C13H20BrN3O/c1-3-7-15-12-10(14)8-16-13(17-12)11(18-4-2)9-5-6-9/h8-9,11H,3-7H2,1-2H3,(H,15,16,17). The van der Waals surface area contributed by atoms with Crippen LogP contribution in [-0.4, -0.2) is 23.1 Å². The first-order chi connectivity index (χ1) is 8.76. The molecule has 0 spiro atoms. The summed E-state index contributed by atoms with van der Waals surface area (Å²) in [5.41, 5.74) is 0. The molecule has 1 heterocycles. The van der Waals surface area contributed by atoms with E-state index in [2.05, 4.69) is 38.1 Å². The maximum atomic E-state index is 5.78. The molecule has 5 heteroatoms. The Hall–Kier alpha value is -0.680. The fraction of sp³-hybridized carbons (Fsp3) is 0.692. The summed E-state index contributed by atoms with van der Waals surface area (Å²) in [5.74, 6) is 2.28. The zero-order chi connectivity index (χ0) is 13.0. The van der Waals surface area contributed by atoms with Gasteiger partial charge in [-0.15, -0.1) is 0 Å². The van der Waals surface area contributed by atoms with E-state index in [4.69, 9.17) is 4.74 Å². The van der Waals surface area contributed by atoms with Gasteiger partial charge in [0.25, 0.3) is 0 Å². The predicted octanol–water partition coefficient (Wildman–Crippen LogP) is 3.55. The first-order valence-electron chi connectivity index (χ1n) is 6.64. The molecule has 0 amide bonds. The lowest BCUT2D eigenvalue weighted by Gasteiger charge is -2.16. The monoisotopic (exact) mass is 313 g/mol. The molecule has 1 fully saturated rings. The van der Waals surface area contributed by atoms with Crippen LogP contribution in [0.1, 0.15) is 45.0 Å². The number of anilines is 1. The summed E-state index contributed by atoms with van der Waals surface area (Å²) in [6, 6.07) is 0. The predicted molar refractivity (Wildman–Crippen MR) is 75.6 cm³/mol. The first kappa shape index (κ1) is 13.7. The summed E-state index contributed by atoms with van der Waals surface area (Å²) in [4.78, 5) is 9.00. The van der Waals surface area contributed by atoms with Gasteiger partial charge in [0.15, 0.2) is 5.82 Å². The number of nitrogens with zero attached hydrogens (tertiary/aromatic N) is 2. The van der Waals surface area contributed by atoms with E-state index < -0.39 is 0 Å². The van der Waals surface area contributed by atoms with Crippen LogP contribution in [0.4, 0.5) is 5.82 Å². The SMILES string of the molecule is CCCNc1nc(C(OCC)C2CC2)ncc1Br. The van der Waals surface area contributed by atoms with Gasteiger partial charge in [-0.1, -0.05) is 6.92 Å². The van der Waals surface area contributed by atoms with Crippen LogP contribution < -0.4 is 5.32 Å². The molecule has 0 aliphatic heterocycles. The van der Waals surface area contributed by atoms with Gasteiger partial charge in [-0.3, -0.25) is 0 Å². The maximum Gasteiger partial charge on any atom is 0.159 e. The van der Waals surface area contributed by atoms with Crippen LogP contribution in [0.3, 0.4) is 0 Å². The van der Waals surface area contributed by atoms with Crippen LogP contribution in [0.25, 0.3) is 0 Å². The molecule has 0 saturated heterocycles. The number of rotatable bonds is 7. The summed E-state index contributed by atoms with van der Waals surface area (Å²) in [5, 5.41) is 3.31. The highest BCUT2D eigenvalue weighted by Crippen LogP contribution is 2.42. The molecule has 1 atom stereocenters. The van der Waals surface area contributed by atoms with Crippen LogP contribution in [0, 0.1) is 5.92 Å². The van der Waals surface area contributed by atoms with E-state index >= 15 is 0 Å². The van der Waals surface area contributed by atoms with Gasteiger partial charge in [-0.2, -0.15) is 0 Å². The van der Waals surface area contributed by atoms with Crippen molar-refractivity contribution in [1.82, 2.24) is 9.97 Å². The van der Waals surface area contributed by atoms with E-state index in [1.54, 1.807) is 0 Å². The highest BCUT2D eigenvalue weighted by Gasteiger charge is 2.35. The molecule has 1 unspecified atom stereocenters. The van der Waals surface area contributed by atoms with Gasteiger partial charge in [-0.25, -0.2) is 9.97 Å². The second-order valence-corrected chi connectivity index (χ2v) is 5.42. The molecule has 1 N–H and O–H groups in total. The molecule has 1 aliphatic rings. The van der Waals surface area contributed by atoms with Crippen molar-refractivity contribution in [1.29, 1.82) is 0 Å². The van der Waals surface area contributed by atoms with Crippen molar-refractivity contribution in [3.63, 3.8) is 0 Å². The molecule has 0 aromatic carbocycles. The highest BCUT2D eigenvalue weighted by molar-refractivity contribution is 9.10. The average molecular weight is 314 g/mol. The van der Waals surface area contributed by atoms with E-state index in [9.17, 15) is 0 Å². The molecule has 2 rings (SSSR count). The molecule has 18 heavy (non-hydrogen) atoms. The molecule has 100 valence electrons. The quantitative estimate of drug-likeness (QED) is 0.836. The second kappa shape index (κ2) is 6.48. The number of hydrogen-bond donors (Lipinski definition) is 1. The Bertz CT molecular complexity index is 396. The van der Waals surface area contributed by atoms with Gasteiger partial charge in [0.05, 0.1) is 4.47 Å². The average Bonchev–Trinajstić information content (AvgIpc) is 3.19. The van der Waals surface area contributed by atoms with Crippen molar-refractivity contribution >= 4 is 21.7 Å². The van der Waals surface area contributed by atoms with Crippen molar-refractivity contribution in [2.24, 2.45) is 5.92 Å². The van der Waals surface area contributed by atoms with Crippen LogP contribution in [0.15, 0.2) is 10.7 Å². The van der Waals surface area contributed by atoms with Crippen molar-refractivity contribution in [3.8, 4) is 0 Å². The summed E-state index contributed by atoms with van der Waals surface area (Å²) in [6.07, 6.45) is 5.40. The van der Waals surface area contributed by atoms with Crippen molar-refractivity contribution in [2.45, 2.75) is 39.2 Å². The van der Waals surface area contributed by atoms with Crippen LogP contribution in [-0.2, 0) is 4.74 Å². The van der Waals surface area contributed by atoms with Crippen LogP contribution >= 0.6 is 15.9 Å². The Morgan fingerprint density at radius 2 is 2.28 bits per heavy atom. The van der Waals surface area contributed by atoms with Gasteiger partial charge in [-0.05, 0) is 48.0 Å². The molecule has 4 nitrogen and oxygen atoms in total. The number of nitrogens with one attached hydrogen (secondary N) is 1. The van der Waals surface area contributed by atoms with Crippen LogP contribution in [0.5, 0.6) is 0 Å². The fourth-order valence-corrected chi connectivity index (χ4v) is 2.22. The Kier molecular flexibility index (Phi) is 4.95. The van der Waals surface area contributed by atoms with E-state index in [0.29, 0.717) is 12.5 Å².